The molecule has 0 radical (unpaired) electrons. The Hall–Kier alpha value is -3.07. The zero-order valence-electron chi connectivity index (χ0n) is 16.6. The molecule has 1 N–H and O–H groups in total. The molecule has 1 aliphatic rings. The highest BCUT2D eigenvalue weighted by atomic mass is 16.3. The Balaban J connectivity index is 1.45. The highest BCUT2D eigenvalue weighted by Crippen LogP contribution is 2.32. The van der Waals surface area contributed by atoms with Crippen molar-refractivity contribution in [1.29, 1.82) is 0 Å². The maximum Gasteiger partial charge on any atom is 0.209 e. The van der Waals surface area contributed by atoms with Crippen molar-refractivity contribution in [3.8, 4) is 5.75 Å². The Kier molecular flexibility index (Phi) is 5.95. The van der Waals surface area contributed by atoms with E-state index in [9.17, 15) is 9.90 Å². The largest absolute Gasteiger partial charge is 0.508 e. The van der Waals surface area contributed by atoms with Gasteiger partial charge in [-0.05, 0) is 54.2 Å². The summed E-state index contributed by atoms with van der Waals surface area (Å²) in [5.74, 6) is 0.955. The molecule has 3 aromatic rings. The second kappa shape index (κ2) is 8.95. The highest BCUT2D eigenvalue weighted by Gasteiger charge is 2.17. The number of phenols is 1. The summed E-state index contributed by atoms with van der Waals surface area (Å²) in [5, 5.41) is 9.56. The molecule has 1 aromatic heterocycles. The number of hydrogen-bond acceptors (Lipinski definition) is 2. The molecule has 0 saturated heterocycles. The SMILES string of the molecule is O=C(c1ccc(C2CCCCC2)cc1)c1cccn1C/C=C/c1cccc(O)c1. The Morgan fingerprint density at radius 2 is 1.79 bits per heavy atom. The first kappa shape index (κ1) is 19.3. The molecule has 1 saturated carbocycles. The predicted octanol–water partition coefficient (Wildman–Crippen LogP) is 6.19. The van der Waals surface area contributed by atoms with Crippen molar-refractivity contribution in [1.82, 2.24) is 4.57 Å². The summed E-state index contributed by atoms with van der Waals surface area (Å²) < 4.78 is 1.96. The van der Waals surface area contributed by atoms with E-state index in [1.54, 1.807) is 12.1 Å². The van der Waals surface area contributed by atoms with Crippen LogP contribution in [0.3, 0.4) is 0 Å². The van der Waals surface area contributed by atoms with Gasteiger partial charge in [-0.15, -0.1) is 0 Å². The van der Waals surface area contributed by atoms with Gasteiger partial charge < -0.3 is 9.67 Å². The molecule has 0 unspecified atom stereocenters. The summed E-state index contributed by atoms with van der Waals surface area (Å²) in [7, 11) is 0. The summed E-state index contributed by atoms with van der Waals surface area (Å²) in [4.78, 5) is 13.0. The minimum absolute atomic E-state index is 0.0518. The number of carbonyl (C=O) groups is 1. The second-order valence-corrected chi connectivity index (χ2v) is 7.83. The first-order chi connectivity index (χ1) is 14.2. The van der Waals surface area contributed by atoms with Gasteiger partial charge in [0.2, 0.25) is 5.78 Å². The van der Waals surface area contributed by atoms with Crippen molar-refractivity contribution < 1.29 is 9.90 Å². The molecule has 1 fully saturated rings. The number of aromatic hydroxyl groups is 1. The fourth-order valence-corrected chi connectivity index (χ4v) is 4.20. The first-order valence-corrected chi connectivity index (χ1v) is 10.5. The lowest BCUT2D eigenvalue weighted by molar-refractivity contribution is 0.103. The summed E-state index contributed by atoms with van der Waals surface area (Å²) >= 11 is 0. The molecule has 0 atom stereocenters. The van der Waals surface area contributed by atoms with E-state index in [1.165, 1.54) is 37.7 Å². The number of rotatable bonds is 6. The summed E-state index contributed by atoms with van der Waals surface area (Å²) in [6.07, 6.45) is 12.4. The van der Waals surface area contributed by atoms with E-state index < -0.39 is 0 Å². The number of aromatic nitrogens is 1. The van der Waals surface area contributed by atoms with E-state index in [-0.39, 0.29) is 11.5 Å². The Morgan fingerprint density at radius 3 is 2.55 bits per heavy atom. The molecular formula is C26H27NO2. The number of carbonyl (C=O) groups excluding carboxylic acids is 1. The average molecular weight is 386 g/mol. The molecule has 3 nitrogen and oxygen atoms in total. The molecule has 1 aliphatic carbocycles. The van der Waals surface area contributed by atoms with Crippen LogP contribution in [0.25, 0.3) is 6.08 Å². The van der Waals surface area contributed by atoms with Gasteiger partial charge in [0, 0.05) is 18.3 Å². The fraction of sp³-hybridized carbons (Fsp3) is 0.269. The number of phenolic OH excluding ortho intramolecular Hbond substituents is 1. The smallest absolute Gasteiger partial charge is 0.209 e. The van der Waals surface area contributed by atoms with E-state index in [0.29, 0.717) is 18.2 Å². The van der Waals surface area contributed by atoms with E-state index in [2.05, 4.69) is 12.1 Å². The third-order valence-electron chi connectivity index (χ3n) is 5.79. The van der Waals surface area contributed by atoms with Crippen molar-refractivity contribution in [3.63, 3.8) is 0 Å². The minimum atomic E-state index is 0.0518. The van der Waals surface area contributed by atoms with Gasteiger partial charge in [0.05, 0.1) is 5.69 Å². The number of hydrogen-bond donors (Lipinski definition) is 1. The van der Waals surface area contributed by atoms with Gasteiger partial charge in [-0.25, -0.2) is 0 Å². The van der Waals surface area contributed by atoms with Crippen LogP contribution < -0.4 is 0 Å². The lowest BCUT2D eigenvalue weighted by Gasteiger charge is -2.22. The van der Waals surface area contributed by atoms with Crippen LogP contribution in [0, 0.1) is 0 Å². The monoisotopic (exact) mass is 385 g/mol. The van der Waals surface area contributed by atoms with Gasteiger partial charge in [-0.2, -0.15) is 0 Å². The third-order valence-corrected chi connectivity index (χ3v) is 5.79. The molecular weight excluding hydrogens is 358 g/mol. The summed E-state index contributed by atoms with van der Waals surface area (Å²) in [5.41, 5.74) is 3.73. The summed E-state index contributed by atoms with van der Waals surface area (Å²) in [6.45, 7) is 0.601. The molecule has 0 aliphatic heterocycles. The fourth-order valence-electron chi connectivity index (χ4n) is 4.20. The normalized spacial score (nSPS) is 15.0. The van der Waals surface area contributed by atoms with E-state index >= 15 is 0 Å². The zero-order chi connectivity index (χ0) is 20.1. The van der Waals surface area contributed by atoms with Gasteiger partial charge in [0.1, 0.15) is 5.75 Å². The van der Waals surface area contributed by atoms with Crippen LogP contribution in [0.4, 0.5) is 0 Å². The molecule has 4 rings (SSSR count). The Labute approximate surface area is 172 Å². The quantitative estimate of drug-likeness (QED) is 0.514. The Bertz CT molecular complexity index is 992. The van der Waals surface area contributed by atoms with Crippen molar-refractivity contribution >= 4 is 11.9 Å². The van der Waals surface area contributed by atoms with Crippen LogP contribution in [-0.2, 0) is 6.54 Å². The number of allylic oxidation sites excluding steroid dienone is 1. The maximum atomic E-state index is 13.0. The van der Waals surface area contributed by atoms with E-state index in [0.717, 1.165) is 11.1 Å². The minimum Gasteiger partial charge on any atom is -0.508 e. The molecule has 29 heavy (non-hydrogen) atoms. The molecule has 0 bridgehead atoms. The van der Waals surface area contributed by atoms with Gasteiger partial charge in [-0.3, -0.25) is 4.79 Å². The number of benzene rings is 2. The predicted molar refractivity (Wildman–Crippen MR) is 117 cm³/mol. The van der Waals surface area contributed by atoms with Crippen molar-refractivity contribution in [2.24, 2.45) is 0 Å². The van der Waals surface area contributed by atoms with Gasteiger partial charge >= 0.3 is 0 Å². The third kappa shape index (κ3) is 4.68. The lowest BCUT2D eigenvalue weighted by Crippen LogP contribution is -2.10. The van der Waals surface area contributed by atoms with Gasteiger partial charge in [0.15, 0.2) is 0 Å². The molecule has 0 amide bonds. The topological polar surface area (TPSA) is 42.2 Å². The highest BCUT2D eigenvalue weighted by molar-refractivity contribution is 6.08. The van der Waals surface area contributed by atoms with Crippen molar-refractivity contribution in [3.05, 3.63) is 95.3 Å². The first-order valence-electron chi connectivity index (χ1n) is 10.5. The van der Waals surface area contributed by atoms with Gasteiger partial charge in [0.25, 0.3) is 0 Å². The van der Waals surface area contributed by atoms with Gasteiger partial charge in [-0.1, -0.05) is 67.8 Å². The van der Waals surface area contributed by atoms with E-state index in [4.69, 9.17) is 0 Å². The van der Waals surface area contributed by atoms with Crippen LogP contribution in [0.5, 0.6) is 5.75 Å². The standard InChI is InChI=1S/C26H27NO2/c28-24-11-4-7-20(19-24)8-5-17-27-18-6-12-25(27)26(29)23-15-13-22(14-16-23)21-9-2-1-3-10-21/h4-8,11-16,18-19,21,28H,1-3,9-10,17H2/b8-5+. The van der Waals surface area contributed by atoms with Crippen LogP contribution >= 0.6 is 0 Å². The Morgan fingerprint density at radius 1 is 1.00 bits per heavy atom. The van der Waals surface area contributed by atoms with Crippen molar-refractivity contribution in [2.45, 2.75) is 44.6 Å². The molecule has 3 heteroatoms. The van der Waals surface area contributed by atoms with E-state index in [1.807, 2.05) is 59.3 Å². The molecule has 1 heterocycles. The summed E-state index contributed by atoms with van der Waals surface area (Å²) in [6, 6.07) is 19.1. The zero-order valence-corrected chi connectivity index (χ0v) is 16.6. The molecule has 148 valence electrons. The van der Waals surface area contributed by atoms with Crippen molar-refractivity contribution in [2.75, 3.05) is 0 Å². The second-order valence-electron chi connectivity index (χ2n) is 7.83. The number of ketones is 1. The average Bonchev–Trinajstić information content (AvgIpc) is 3.23. The maximum absolute atomic E-state index is 13.0. The van der Waals surface area contributed by atoms with Crippen LogP contribution in [0.2, 0.25) is 0 Å². The van der Waals surface area contributed by atoms with Crippen LogP contribution in [-0.4, -0.2) is 15.5 Å². The molecule has 0 spiro atoms. The number of nitrogens with zero attached hydrogens (tertiary/aromatic N) is 1. The lowest BCUT2D eigenvalue weighted by atomic mass is 9.84. The molecule has 2 aromatic carbocycles. The van der Waals surface area contributed by atoms with Crippen LogP contribution in [0.1, 0.15) is 65.2 Å². The van der Waals surface area contributed by atoms with Crippen LogP contribution in [0.15, 0.2) is 72.9 Å².